The molecular formula is C21H23N3O4+2. The van der Waals surface area contributed by atoms with Crippen LogP contribution in [0.4, 0.5) is 5.69 Å². The highest BCUT2D eigenvalue weighted by Crippen LogP contribution is 2.32. The SMILES string of the molecule is O=C1C(=O)N(C[NH+]2CC[NH+](Cc3ccc4c(c3)OCO4)CC2)c2ccccc21. The van der Waals surface area contributed by atoms with Crippen molar-refractivity contribution in [2.75, 3.05) is 44.5 Å². The van der Waals surface area contributed by atoms with Crippen molar-refractivity contribution in [3.8, 4) is 11.5 Å². The normalized spacial score (nSPS) is 23.2. The number of nitrogens with one attached hydrogen (secondary N) is 2. The average Bonchev–Trinajstić information content (AvgIpc) is 3.28. The first kappa shape index (κ1) is 17.2. The molecule has 3 aliphatic rings. The quantitative estimate of drug-likeness (QED) is 0.659. The van der Waals surface area contributed by atoms with E-state index in [4.69, 9.17) is 9.47 Å². The third-order valence-corrected chi connectivity index (χ3v) is 5.82. The Bertz CT molecular complexity index is 937. The third-order valence-electron chi connectivity index (χ3n) is 5.82. The van der Waals surface area contributed by atoms with E-state index < -0.39 is 5.91 Å². The van der Waals surface area contributed by atoms with Crippen molar-refractivity contribution in [3.05, 3.63) is 53.6 Å². The maximum atomic E-state index is 12.4. The third kappa shape index (κ3) is 3.02. The Hall–Kier alpha value is -2.90. The maximum Gasteiger partial charge on any atom is 0.303 e. The van der Waals surface area contributed by atoms with Crippen molar-refractivity contribution in [3.63, 3.8) is 0 Å². The van der Waals surface area contributed by atoms with Gasteiger partial charge in [-0.05, 0) is 30.3 Å². The van der Waals surface area contributed by atoms with Crippen molar-refractivity contribution >= 4 is 17.4 Å². The van der Waals surface area contributed by atoms with Crippen molar-refractivity contribution in [2.45, 2.75) is 6.54 Å². The molecule has 1 saturated heterocycles. The zero-order valence-electron chi connectivity index (χ0n) is 15.6. The van der Waals surface area contributed by atoms with Gasteiger partial charge in [-0.2, -0.15) is 0 Å². The maximum absolute atomic E-state index is 12.4. The van der Waals surface area contributed by atoms with Crippen LogP contribution < -0.4 is 24.2 Å². The van der Waals surface area contributed by atoms with E-state index in [1.54, 1.807) is 17.0 Å². The molecule has 7 heteroatoms. The van der Waals surface area contributed by atoms with E-state index in [2.05, 4.69) is 12.1 Å². The van der Waals surface area contributed by atoms with Gasteiger partial charge in [0.15, 0.2) is 18.2 Å². The lowest BCUT2D eigenvalue weighted by Crippen LogP contribution is -3.28. The lowest BCUT2D eigenvalue weighted by atomic mass is 10.1. The molecule has 28 heavy (non-hydrogen) atoms. The van der Waals surface area contributed by atoms with E-state index in [0.29, 0.717) is 19.0 Å². The lowest BCUT2D eigenvalue weighted by molar-refractivity contribution is -1.02. The minimum Gasteiger partial charge on any atom is -0.454 e. The topological polar surface area (TPSA) is 64.7 Å². The summed E-state index contributed by atoms with van der Waals surface area (Å²) in [6, 6.07) is 13.4. The van der Waals surface area contributed by atoms with Crippen LogP contribution in [0.15, 0.2) is 42.5 Å². The fraction of sp³-hybridized carbons (Fsp3) is 0.333. The fourth-order valence-electron chi connectivity index (χ4n) is 4.26. The van der Waals surface area contributed by atoms with E-state index in [0.717, 1.165) is 49.9 Å². The number of amides is 1. The van der Waals surface area contributed by atoms with Crippen molar-refractivity contribution in [2.24, 2.45) is 0 Å². The summed E-state index contributed by atoms with van der Waals surface area (Å²) < 4.78 is 10.8. The number of hydrogen-bond acceptors (Lipinski definition) is 4. The summed E-state index contributed by atoms with van der Waals surface area (Å²) >= 11 is 0. The molecule has 7 nitrogen and oxygen atoms in total. The minimum absolute atomic E-state index is 0.300. The zero-order valence-corrected chi connectivity index (χ0v) is 15.6. The van der Waals surface area contributed by atoms with Crippen molar-refractivity contribution in [1.82, 2.24) is 0 Å². The van der Waals surface area contributed by atoms with Gasteiger partial charge in [0.25, 0.3) is 5.78 Å². The summed E-state index contributed by atoms with van der Waals surface area (Å²) in [6.45, 7) is 5.81. The zero-order chi connectivity index (χ0) is 19.1. The van der Waals surface area contributed by atoms with Crippen LogP contribution in [0.3, 0.4) is 0 Å². The molecule has 0 unspecified atom stereocenters. The number of piperazine rings is 1. The van der Waals surface area contributed by atoms with Crippen LogP contribution in [0.2, 0.25) is 0 Å². The van der Waals surface area contributed by atoms with Crippen LogP contribution in [0.25, 0.3) is 0 Å². The number of quaternary nitrogens is 2. The van der Waals surface area contributed by atoms with Crippen LogP contribution in [-0.4, -0.2) is 51.3 Å². The number of rotatable bonds is 4. The Balaban J connectivity index is 1.19. The van der Waals surface area contributed by atoms with Gasteiger partial charge < -0.3 is 19.3 Å². The van der Waals surface area contributed by atoms with Gasteiger partial charge >= 0.3 is 5.91 Å². The number of hydrogen-bond donors (Lipinski definition) is 2. The number of ketones is 1. The van der Waals surface area contributed by atoms with Gasteiger partial charge in [-0.3, -0.25) is 14.5 Å². The average molecular weight is 381 g/mol. The number of nitrogens with zero attached hydrogens (tertiary/aromatic N) is 1. The largest absolute Gasteiger partial charge is 0.454 e. The molecule has 2 aromatic carbocycles. The summed E-state index contributed by atoms with van der Waals surface area (Å²) in [5.74, 6) is 0.862. The fourth-order valence-corrected chi connectivity index (χ4v) is 4.26. The molecule has 3 aliphatic heterocycles. The Morgan fingerprint density at radius 1 is 0.893 bits per heavy atom. The molecule has 0 bridgehead atoms. The Labute approximate surface area is 163 Å². The van der Waals surface area contributed by atoms with Gasteiger partial charge in [0.1, 0.15) is 32.7 Å². The number of anilines is 1. The van der Waals surface area contributed by atoms with E-state index >= 15 is 0 Å². The number of carbonyl (C=O) groups excluding carboxylic acids is 2. The standard InChI is InChI=1S/C21H21N3O4/c25-20-16-3-1-2-4-17(16)24(21(20)26)13-23-9-7-22(8-10-23)12-15-5-6-18-19(11-15)28-14-27-18/h1-6,11H,7-10,12-14H2/p+2. The van der Waals surface area contributed by atoms with Gasteiger partial charge in [0.2, 0.25) is 6.79 Å². The predicted molar refractivity (Wildman–Crippen MR) is 101 cm³/mol. The molecular weight excluding hydrogens is 358 g/mol. The summed E-state index contributed by atoms with van der Waals surface area (Å²) in [7, 11) is 0. The van der Waals surface area contributed by atoms with Gasteiger partial charge in [-0.15, -0.1) is 0 Å². The van der Waals surface area contributed by atoms with Crippen molar-refractivity contribution < 1.29 is 28.9 Å². The second kappa shape index (κ2) is 6.92. The first-order valence-corrected chi connectivity index (χ1v) is 9.70. The van der Waals surface area contributed by atoms with Crippen LogP contribution in [0, 0.1) is 0 Å². The number of ether oxygens (including phenoxy) is 2. The number of fused-ring (bicyclic) bond motifs is 2. The minimum atomic E-state index is -0.399. The summed E-state index contributed by atoms with van der Waals surface area (Å²) in [4.78, 5) is 29.0. The first-order valence-electron chi connectivity index (χ1n) is 9.70. The monoisotopic (exact) mass is 381 g/mol. The van der Waals surface area contributed by atoms with Crippen molar-refractivity contribution in [1.29, 1.82) is 0 Å². The van der Waals surface area contributed by atoms with Crippen LogP contribution >= 0.6 is 0 Å². The van der Waals surface area contributed by atoms with E-state index in [9.17, 15) is 9.59 Å². The van der Waals surface area contributed by atoms with Gasteiger partial charge in [-0.25, -0.2) is 0 Å². The molecule has 1 fully saturated rings. The highest BCUT2D eigenvalue weighted by Gasteiger charge is 2.38. The molecule has 144 valence electrons. The van der Waals surface area contributed by atoms with Gasteiger partial charge in [0.05, 0.1) is 11.3 Å². The van der Waals surface area contributed by atoms with Crippen LogP contribution in [0.1, 0.15) is 15.9 Å². The smallest absolute Gasteiger partial charge is 0.303 e. The van der Waals surface area contributed by atoms with Crippen LogP contribution in [0.5, 0.6) is 11.5 Å². The number of Topliss-reactive ketones (excluding diaryl/α,β-unsaturated/α-hetero) is 1. The molecule has 2 aromatic rings. The highest BCUT2D eigenvalue weighted by molar-refractivity contribution is 6.52. The Morgan fingerprint density at radius 2 is 1.64 bits per heavy atom. The van der Waals surface area contributed by atoms with Gasteiger partial charge in [-0.1, -0.05) is 12.1 Å². The predicted octanol–water partition coefficient (Wildman–Crippen LogP) is -1.11. The molecule has 3 heterocycles. The molecule has 0 atom stereocenters. The molecule has 1 amide bonds. The molecule has 5 rings (SSSR count). The second-order valence-electron chi connectivity index (χ2n) is 7.60. The molecule has 2 N–H and O–H groups in total. The molecule has 0 radical (unpaired) electrons. The summed E-state index contributed by atoms with van der Waals surface area (Å²) in [6.07, 6.45) is 0. The van der Waals surface area contributed by atoms with E-state index in [-0.39, 0.29) is 5.78 Å². The molecule has 0 aliphatic carbocycles. The highest BCUT2D eigenvalue weighted by atomic mass is 16.7. The Kier molecular flexibility index (Phi) is 4.26. The summed E-state index contributed by atoms with van der Waals surface area (Å²) in [5, 5.41) is 0. The number of para-hydroxylation sites is 1. The molecule has 0 saturated carbocycles. The molecule has 0 aromatic heterocycles. The van der Waals surface area contributed by atoms with E-state index in [1.165, 1.54) is 15.4 Å². The number of benzene rings is 2. The number of carbonyl (C=O) groups is 2. The lowest BCUT2D eigenvalue weighted by Gasteiger charge is -2.31. The first-order chi connectivity index (χ1) is 13.7. The second-order valence-corrected chi connectivity index (χ2v) is 7.60. The molecule has 0 spiro atoms. The van der Waals surface area contributed by atoms with Crippen LogP contribution in [-0.2, 0) is 11.3 Å². The van der Waals surface area contributed by atoms with E-state index in [1.807, 2.05) is 18.2 Å². The summed E-state index contributed by atoms with van der Waals surface area (Å²) in [5.41, 5.74) is 2.52. The Morgan fingerprint density at radius 3 is 2.50 bits per heavy atom. The van der Waals surface area contributed by atoms with Gasteiger partial charge in [0, 0.05) is 5.56 Å².